The van der Waals surface area contributed by atoms with Crippen LogP contribution in [0.25, 0.3) is 10.9 Å². The van der Waals surface area contributed by atoms with Crippen molar-refractivity contribution in [2.45, 2.75) is 25.3 Å². The number of fused-ring (bicyclic) bond motifs is 1. The second kappa shape index (κ2) is 11.6. The molecule has 1 aliphatic rings. The summed E-state index contributed by atoms with van der Waals surface area (Å²) in [5.74, 6) is 3.79. The fourth-order valence-electron chi connectivity index (χ4n) is 4.54. The summed E-state index contributed by atoms with van der Waals surface area (Å²) in [6.45, 7) is 1.30. The molecule has 1 aromatic heterocycles. The Morgan fingerprint density at radius 2 is 1.89 bits per heavy atom. The monoisotopic (exact) mass is 507 g/mol. The number of carbonyl (C=O) groups excluding carboxylic acids is 1. The molecule has 1 saturated heterocycles. The molecule has 5 rings (SSSR count). The number of anilines is 3. The molecule has 0 saturated carbocycles. The summed E-state index contributed by atoms with van der Waals surface area (Å²) < 4.78 is 5.67. The summed E-state index contributed by atoms with van der Waals surface area (Å²) >= 11 is 0. The predicted molar refractivity (Wildman–Crippen MR) is 148 cm³/mol. The van der Waals surface area contributed by atoms with Crippen LogP contribution in [0.5, 0.6) is 5.75 Å². The van der Waals surface area contributed by atoms with Gasteiger partial charge in [-0.3, -0.25) is 0 Å². The molecule has 2 heterocycles. The fourth-order valence-corrected chi connectivity index (χ4v) is 4.54. The lowest BCUT2D eigenvalue weighted by atomic mass is 10.1. The van der Waals surface area contributed by atoms with E-state index >= 15 is 0 Å². The van der Waals surface area contributed by atoms with E-state index < -0.39 is 0 Å². The van der Waals surface area contributed by atoms with Gasteiger partial charge in [-0.1, -0.05) is 42.3 Å². The number of piperidine rings is 1. The highest BCUT2D eigenvalue weighted by Gasteiger charge is 2.23. The molecule has 1 aliphatic heterocycles. The SMILES string of the molecule is C#Cc1cccc(Nc2ncnc3cc(OC)c(NC4CCN(OC(=O)Cc5ccccc5)CC4)cc23)c1. The summed E-state index contributed by atoms with van der Waals surface area (Å²) in [6, 6.07) is 21.4. The van der Waals surface area contributed by atoms with E-state index in [0.717, 1.165) is 46.2 Å². The maximum Gasteiger partial charge on any atom is 0.329 e. The molecule has 0 spiro atoms. The predicted octanol–water partition coefficient (Wildman–Crippen LogP) is 4.94. The molecule has 1 fully saturated rings. The van der Waals surface area contributed by atoms with E-state index in [2.05, 4.69) is 26.5 Å². The summed E-state index contributed by atoms with van der Waals surface area (Å²) in [5, 5.41) is 9.58. The highest BCUT2D eigenvalue weighted by Crippen LogP contribution is 2.34. The smallest absolute Gasteiger partial charge is 0.329 e. The Hall–Kier alpha value is -4.61. The number of nitrogens with one attached hydrogen (secondary N) is 2. The van der Waals surface area contributed by atoms with Gasteiger partial charge in [-0.15, -0.1) is 11.5 Å². The van der Waals surface area contributed by atoms with Gasteiger partial charge in [0.05, 0.1) is 24.7 Å². The van der Waals surface area contributed by atoms with E-state index in [0.29, 0.717) is 24.7 Å². The lowest BCUT2D eigenvalue weighted by Gasteiger charge is -2.31. The molecule has 0 atom stereocenters. The Kier molecular flexibility index (Phi) is 7.67. The number of methoxy groups -OCH3 is 1. The molecule has 0 aliphatic carbocycles. The van der Waals surface area contributed by atoms with E-state index in [1.54, 1.807) is 12.2 Å². The lowest BCUT2D eigenvalue weighted by Crippen LogP contribution is -2.40. The number of nitrogens with zero attached hydrogens (tertiary/aromatic N) is 3. The zero-order valence-electron chi connectivity index (χ0n) is 21.2. The highest BCUT2D eigenvalue weighted by atomic mass is 16.7. The summed E-state index contributed by atoms with van der Waals surface area (Å²) in [4.78, 5) is 26.8. The van der Waals surface area contributed by atoms with Crippen molar-refractivity contribution in [3.05, 3.63) is 84.2 Å². The van der Waals surface area contributed by atoms with Gasteiger partial charge < -0.3 is 20.2 Å². The van der Waals surface area contributed by atoms with Crippen molar-refractivity contribution in [1.82, 2.24) is 15.0 Å². The van der Waals surface area contributed by atoms with Gasteiger partial charge in [0.2, 0.25) is 0 Å². The maximum absolute atomic E-state index is 12.3. The Balaban J connectivity index is 1.26. The largest absolute Gasteiger partial charge is 0.495 e. The molecule has 0 unspecified atom stereocenters. The third-order valence-corrected chi connectivity index (χ3v) is 6.48. The second-order valence-corrected chi connectivity index (χ2v) is 9.12. The average molecular weight is 508 g/mol. The van der Waals surface area contributed by atoms with E-state index in [1.165, 1.54) is 6.33 Å². The molecule has 0 amide bonds. The van der Waals surface area contributed by atoms with Crippen LogP contribution in [-0.2, 0) is 16.1 Å². The third-order valence-electron chi connectivity index (χ3n) is 6.48. The standard InChI is InChI=1S/C30H29N5O3/c1-3-21-10-7-11-24(16-21)34-30-25-18-27(28(37-2)19-26(25)31-20-32-30)33-23-12-14-35(15-13-23)38-29(36)17-22-8-5-4-6-9-22/h1,4-11,16,18-20,23,33H,12-15,17H2,2H3,(H,31,32,34). The van der Waals surface area contributed by atoms with Gasteiger partial charge in [-0.05, 0) is 42.7 Å². The number of carbonyl (C=O) groups is 1. The molecule has 38 heavy (non-hydrogen) atoms. The molecular weight excluding hydrogens is 478 g/mol. The van der Waals surface area contributed by atoms with E-state index in [1.807, 2.05) is 66.7 Å². The second-order valence-electron chi connectivity index (χ2n) is 9.12. The minimum atomic E-state index is -0.244. The van der Waals surface area contributed by atoms with Crippen LogP contribution in [0.2, 0.25) is 0 Å². The number of rotatable bonds is 8. The number of hydroxylamine groups is 2. The summed E-state index contributed by atoms with van der Waals surface area (Å²) in [6.07, 6.45) is 8.97. The van der Waals surface area contributed by atoms with Crippen molar-refractivity contribution in [3.63, 3.8) is 0 Å². The highest BCUT2D eigenvalue weighted by molar-refractivity contribution is 5.95. The first-order chi connectivity index (χ1) is 18.6. The molecule has 8 nitrogen and oxygen atoms in total. The van der Waals surface area contributed by atoms with E-state index in [9.17, 15) is 4.79 Å². The topological polar surface area (TPSA) is 88.6 Å². The Morgan fingerprint density at radius 1 is 1.08 bits per heavy atom. The molecule has 192 valence electrons. The van der Waals surface area contributed by atoms with Crippen LogP contribution in [0.1, 0.15) is 24.0 Å². The van der Waals surface area contributed by atoms with Crippen LogP contribution in [0.3, 0.4) is 0 Å². The van der Waals surface area contributed by atoms with Crippen LogP contribution in [0, 0.1) is 12.3 Å². The Labute approximate surface area is 222 Å². The molecular formula is C30H29N5O3. The Bertz CT molecular complexity index is 1460. The number of benzene rings is 3. The van der Waals surface area contributed by atoms with Gasteiger partial charge in [-0.2, -0.15) is 0 Å². The number of aromatic nitrogens is 2. The van der Waals surface area contributed by atoms with Gasteiger partial charge in [0.15, 0.2) is 0 Å². The number of terminal acetylenes is 1. The fraction of sp³-hybridized carbons (Fsp3) is 0.233. The normalized spacial score (nSPS) is 14.0. The molecule has 4 aromatic rings. The first-order valence-electron chi connectivity index (χ1n) is 12.5. The van der Waals surface area contributed by atoms with Crippen molar-refractivity contribution in [1.29, 1.82) is 0 Å². The van der Waals surface area contributed by atoms with Gasteiger partial charge in [0, 0.05) is 41.8 Å². The van der Waals surface area contributed by atoms with Gasteiger partial charge >= 0.3 is 5.97 Å². The molecule has 8 heteroatoms. The first kappa shape index (κ1) is 25.1. The van der Waals surface area contributed by atoms with Crippen molar-refractivity contribution < 1.29 is 14.4 Å². The van der Waals surface area contributed by atoms with Crippen LogP contribution in [0.4, 0.5) is 17.2 Å². The molecule has 2 N–H and O–H groups in total. The first-order valence-corrected chi connectivity index (χ1v) is 12.5. The van der Waals surface area contributed by atoms with Crippen molar-refractivity contribution >= 4 is 34.1 Å². The number of hydrogen-bond acceptors (Lipinski definition) is 8. The van der Waals surface area contributed by atoms with E-state index in [-0.39, 0.29) is 18.4 Å². The minimum Gasteiger partial charge on any atom is -0.495 e. The lowest BCUT2D eigenvalue weighted by molar-refractivity contribution is -0.193. The zero-order chi connectivity index (χ0) is 26.3. The number of hydrogen-bond donors (Lipinski definition) is 2. The van der Waals surface area contributed by atoms with Crippen molar-refractivity contribution in [2.75, 3.05) is 30.8 Å². The third kappa shape index (κ3) is 6.02. The summed E-state index contributed by atoms with van der Waals surface area (Å²) in [7, 11) is 1.65. The Morgan fingerprint density at radius 3 is 2.66 bits per heavy atom. The summed E-state index contributed by atoms with van der Waals surface area (Å²) in [5.41, 5.74) is 4.20. The van der Waals surface area contributed by atoms with Gasteiger partial charge in [-0.25, -0.2) is 14.8 Å². The average Bonchev–Trinajstić information content (AvgIpc) is 2.94. The van der Waals surface area contributed by atoms with E-state index in [4.69, 9.17) is 16.0 Å². The molecule has 0 bridgehead atoms. The zero-order valence-corrected chi connectivity index (χ0v) is 21.2. The molecule has 3 aromatic carbocycles. The van der Waals surface area contributed by atoms with Crippen LogP contribution >= 0.6 is 0 Å². The van der Waals surface area contributed by atoms with Gasteiger partial charge in [0.1, 0.15) is 17.9 Å². The number of ether oxygens (including phenoxy) is 1. The van der Waals surface area contributed by atoms with Crippen molar-refractivity contribution in [2.24, 2.45) is 0 Å². The van der Waals surface area contributed by atoms with Crippen LogP contribution in [0.15, 0.2) is 73.1 Å². The molecule has 0 radical (unpaired) electrons. The maximum atomic E-state index is 12.3. The van der Waals surface area contributed by atoms with Crippen molar-refractivity contribution in [3.8, 4) is 18.1 Å². The van der Waals surface area contributed by atoms with Crippen LogP contribution in [-0.4, -0.2) is 47.2 Å². The van der Waals surface area contributed by atoms with Crippen LogP contribution < -0.4 is 15.4 Å². The quantitative estimate of drug-likeness (QED) is 0.324. The van der Waals surface area contributed by atoms with Gasteiger partial charge in [0.25, 0.3) is 0 Å². The minimum absolute atomic E-state index is 0.193.